The number of phenolic OH excluding ortho intramolecular Hbond substituents is 1. The second-order valence-electron chi connectivity index (χ2n) is 2.85. The molecule has 0 spiro atoms. The summed E-state index contributed by atoms with van der Waals surface area (Å²) in [7, 11) is -4.67. The molecule has 2 aromatic rings. The summed E-state index contributed by atoms with van der Waals surface area (Å²) in [5.41, 5.74) is 0.738. The molecular formula is C8H9NO6S. The van der Waals surface area contributed by atoms with Crippen molar-refractivity contribution in [3.8, 4) is 11.5 Å². The van der Waals surface area contributed by atoms with Crippen molar-refractivity contribution in [3.05, 3.63) is 24.4 Å². The highest BCUT2D eigenvalue weighted by atomic mass is 32.3. The normalized spacial score (nSPS) is 10.9. The van der Waals surface area contributed by atoms with Crippen LogP contribution < -0.4 is 0 Å². The van der Waals surface area contributed by atoms with Crippen molar-refractivity contribution in [3.63, 3.8) is 0 Å². The maximum absolute atomic E-state index is 9.19. The number of aromatic nitrogens is 1. The van der Waals surface area contributed by atoms with Gasteiger partial charge < -0.3 is 15.2 Å². The fourth-order valence-electron chi connectivity index (χ4n) is 1.10. The highest BCUT2D eigenvalue weighted by Crippen LogP contribution is 2.26. The van der Waals surface area contributed by atoms with Gasteiger partial charge in [0, 0.05) is 17.6 Å². The number of aromatic amines is 1. The van der Waals surface area contributed by atoms with Crippen molar-refractivity contribution >= 4 is 21.3 Å². The van der Waals surface area contributed by atoms with Gasteiger partial charge in [0.15, 0.2) is 0 Å². The topological polar surface area (TPSA) is 131 Å². The van der Waals surface area contributed by atoms with Crippen molar-refractivity contribution in [2.75, 3.05) is 0 Å². The predicted molar refractivity (Wildman–Crippen MR) is 55.8 cm³/mol. The molecule has 1 aromatic heterocycles. The molecule has 0 aliphatic rings. The van der Waals surface area contributed by atoms with Crippen LogP contribution in [0.3, 0.4) is 0 Å². The molecule has 0 aliphatic heterocycles. The van der Waals surface area contributed by atoms with E-state index in [1.165, 1.54) is 12.3 Å². The Kier molecular flexibility index (Phi) is 3.38. The molecular weight excluding hydrogens is 238 g/mol. The Morgan fingerprint density at radius 3 is 2.25 bits per heavy atom. The molecule has 0 atom stereocenters. The van der Waals surface area contributed by atoms with E-state index in [2.05, 4.69) is 4.98 Å². The quantitative estimate of drug-likeness (QED) is 0.440. The minimum absolute atomic E-state index is 0.194. The van der Waals surface area contributed by atoms with Crippen molar-refractivity contribution in [1.82, 2.24) is 4.98 Å². The third-order valence-electron chi connectivity index (χ3n) is 1.64. The van der Waals surface area contributed by atoms with E-state index in [0.29, 0.717) is 0 Å². The number of rotatable bonds is 0. The number of benzene rings is 1. The van der Waals surface area contributed by atoms with Crippen molar-refractivity contribution in [2.45, 2.75) is 0 Å². The third kappa shape index (κ3) is 3.77. The summed E-state index contributed by atoms with van der Waals surface area (Å²) >= 11 is 0. The highest BCUT2D eigenvalue weighted by molar-refractivity contribution is 7.79. The summed E-state index contributed by atoms with van der Waals surface area (Å²) in [6.45, 7) is 0. The molecule has 2 rings (SSSR count). The van der Waals surface area contributed by atoms with Crippen LogP contribution in [0.15, 0.2) is 24.4 Å². The molecule has 1 aromatic carbocycles. The number of nitrogens with one attached hydrogen (secondary N) is 1. The molecule has 7 nitrogen and oxygen atoms in total. The van der Waals surface area contributed by atoms with Crippen molar-refractivity contribution in [1.29, 1.82) is 0 Å². The standard InChI is InChI=1S/C8H7NO2.H2O4S/c10-5-1-2-6-7(3-5)9-4-8(6)11;1-5(2,3)4/h1-4,9-11H;(H2,1,2,3,4). The van der Waals surface area contributed by atoms with E-state index in [-0.39, 0.29) is 11.5 Å². The second-order valence-corrected chi connectivity index (χ2v) is 3.75. The van der Waals surface area contributed by atoms with Crippen LogP contribution in [0, 0.1) is 0 Å². The summed E-state index contributed by atoms with van der Waals surface area (Å²) in [5, 5.41) is 19.0. The fourth-order valence-corrected chi connectivity index (χ4v) is 1.10. The van der Waals surface area contributed by atoms with Gasteiger partial charge in [0.1, 0.15) is 11.5 Å². The molecule has 5 N–H and O–H groups in total. The van der Waals surface area contributed by atoms with Crippen LogP contribution in [0.4, 0.5) is 0 Å². The smallest absolute Gasteiger partial charge is 0.394 e. The summed E-state index contributed by atoms with van der Waals surface area (Å²) in [6, 6.07) is 4.77. The lowest BCUT2D eigenvalue weighted by Gasteiger charge is -1.91. The van der Waals surface area contributed by atoms with Crippen molar-refractivity contribution < 1.29 is 27.7 Å². The predicted octanol–water partition coefficient (Wildman–Crippen LogP) is 0.926. The summed E-state index contributed by atoms with van der Waals surface area (Å²) < 4.78 is 31.6. The van der Waals surface area contributed by atoms with Gasteiger partial charge in [-0.3, -0.25) is 9.11 Å². The Balaban J connectivity index is 0.000000221. The molecule has 0 saturated carbocycles. The van der Waals surface area contributed by atoms with E-state index in [9.17, 15) is 5.11 Å². The molecule has 0 bridgehead atoms. The van der Waals surface area contributed by atoms with Crippen LogP contribution in [0.25, 0.3) is 10.9 Å². The Labute approximate surface area is 90.5 Å². The largest absolute Gasteiger partial charge is 0.508 e. The minimum atomic E-state index is -4.67. The van der Waals surface area contributed by atoms with Gasteiger partial charge in [-0.1, -0.05) is 0 Å². The average Bonchev–Trinajstić information content (AvgIpc) is 2.44. The summed E-state index contributed by atoms with van der Waals surface area (Å²) in [5.74, 6) is 0.402. The number of H-pyrrole nitrogens is 1. The Hall–Kier alpha value is -1.77. The molecule has 0 amide bonds. The highest BCUT2D eigenvalue weighted by Gasteiger charge is 2.00. The van der Waals surface area contributed by atoms with Crippen LogP contribution in [-0.2, 0) is 10.4 Å². The third-order valence-corrected chi connectivity index (χ3v) is 1.64. The van der Waals surface area contributed by atoms with E-state index >= 15 is 0 Å². The number of phenols is 1. The van der Waals surface area contributed by atoms with Gasteiger partial charge in [-0.25, -0.2) is 0 Å². The lowest BCUT2D eigenvalue weighted by Crippen LogP contribution is -1.89. The Bertz CT molecular complexity index is 580. The van der Waals surface area contributed by atoms with Gasteiger partial charge in [0.05, 0.1) is 5.52 Å². The number of hydrogen-bond acceptors (Lipinski definition) is 4. The van der Waals surface area contributed by atoms with E-state index in [4.69, 9.17) is 22.6 Å². The van der Waals surface area contributed by atoms with Crippen LogP contribution in [0.5, 0.6) is 11.5 Å². The van der Waals surface area contributed by atoms with E-state index in [0.717, 1.165) is 10.9 Å². The van der Waals surface area contributed by atoms with Crippen molar-refractivity contribution in [2.24, 2.45) is 0 Å². The number of hydrogen-bond donors (Lipinski definition) is 5. The Morgan fingerprint density at radius 1 is 1.12 bits per heavy atom. The lowest BCUT2D eigenvalue weighted by atomic mass is 10.2. The van der Waals surface area contributed by atoms with Gasteiger partial charge in [-0.05, 0) is 12.1 Å². The monoisotopic (exact) mass is 247 g/mol. The average molecular weight is 247 g/mol. The molecule has 8 heteroatoms. The van der Waals surface area contributed by atoms with Crippen LogP contribution in [0.1, 0.15) is 0 Å². The zero-order valence-corrected chi connectivity index (χ0v) is 8.64. The van der Waals surface area contributed by atoms with Gasteiger partial charge >= 0.3 is 10.4 Å². The maximum Gasteiger partial charge on any atom is 0.394 e. The summed E-state index contributed by atoms with van der Waals surface area (Å²) in [4.78, 5) is 2.82. The van der Waals surface area contributed by atoms with Gasteiger partial charge in [-0.15, -0.1) is 0 Å². The van der Waals surface area contributed by atoms with Crippen LogP contribution in [-0.4, -0.2) is 32.7 Å². The number of aromatic hydroxyl groups is 2. The first-order valence-corrected chi connectivity index (χ1v) is 5.36. The van der Waals surface area contributed by atoms with E-state index in [1.54, 1.807) is 12.1 Å². The lowest BCUT2D eigenvalue weighted by molar-refractivity contribution is 0.381. The van der Waals surface area contributed by atoms with Gasteiger partial charge in [0.2, 0.25) is 0 Å². The van der Waals surface area contributed by atoms with Gasteiger partial charge in [-0.2, -0.15) is 8.42 Å². The van der Waals surface area contributed by atoms with Crippen LogP contribution in [0.2, 0.25) is 0 Å². The molecule has 0 unspecified atom stereocenters. The first-order chi connectivity index (χ1) is 7.27. The summed E-state index contributed by atoms with van der Waals surface area (Å²) in [6.07, 6.45) is 1.49. The second kappa shape index (κ2) is 4.39. The molecule has 0 saturated heterocycles. The molecule has 16 heavy (non-hydrogen) atoms. The van der Waals surface area contributed by atoms with Gasteiger partial charge in [0.25, 0.3) is 0 Å². The van der Waals surface area contributed by atoms with E-state index in [1.807, 2.05) is 0 Å². The Morgan fingerprint density at radius 2 is 1.69 bits per heavy atom. The molecule has 88 valence electrons. The zero-order chi connectivity index (χ0) is 12.3. The fraction of sp³-hybridized carbons (Fsp3) is 0. The maximum atomic E-state index is 9.19. The molecule has 0 fully saturated rings. The minimum Gasteiger partial charge on any atom is -0.508 e. The van der Waals surface area contributed by atoms with Crippen LogP contribution >= 0.6 is 0 Å². The first-order valence-electron chi connectivity index (χ1n) is 3.96. The number of fused-ring (bicyclic) bond motifs is 1. The first kappa shape index (κ1) is 12.3. The van der Waals surface area contributed by atoms with E-state index < -0.39 is 10.4 Å². The zero-order valence-electron chi connectivity index (χ0n) is 7.82. The molecule has 0 radical (unpaired) electrons. The molecule has 1 heterocycles. The molecule has 0 aliphatic carbocycles. The SMILES string of the molecule is O=S(=O)(O)O.Oc1ccc2c(O)c[nH]c2c1.